The Morgan fingerprint density at radius 3 is 3.06 bits per heavy atom. The van der Waals surface area contributed by atoms with Crippen molar-refractivity contribution in [3.63, 3.8) is 0 Å². The summed E-state index contributed by atoms with van der Waals surface area (Å²) in [5.41, 5.74) is 0.825. The summed E-state index contributed by atoms with van der Waals surface area (Å²) in [6.45, 7) is 0.0806. The van der Waals surface area contributed by atoms with Crippen LogP contribution in [0.25, 0.3) is 10.9 Å². The summed E-state index contributed by atoms with van der Waals surface area (Å²) < 4.78 is 5.44. The largest absolute Gasteiger partial charge is 0.483 e. The van der Waals surface area contributed by atoms with Gasteiger partial charge in [-0.2, -0.15) is 0 Å². The lowest BCUT2D eigenvalue weighted by atomic mass is 10.2. The second kappa shape index (κ2) is 5.97. The number of pyridine rings is 1. The summed E-state index contributed by atoms with van der Waals surface area (Å²) in [5.74, 6) is 0.365. The molecular formula is C13H14N2O3. The average Bonchev–Trinajstić information content (AvgIpc) is 2.42. The number of hydrogen-bond donors (Lipinski definition) is 2. The van der Waals surface area contributed by atoms with Crippen molar-refractivity contribution < 1.29 is 14.6 Å². The van der Waals surface area contributed by atoms with Crippen molar-refractivity contribution in [3.05, 3.63) is 36.5 Å². The van der Waals surface area contributed by atoms with E-state index in [9.17, 15) is 4.79 Å². The molecule has 5 heteroatoms. The summed E-state index contributed by atoms with van der Waals surface area (Å²) in [6.07, 6.45) is 1.71. The van der Waals surface area contributed by atoms with E-state index in [2.05, 4.69) is 10.3 Å². The van der Waals surface area contributed by atoms with Gasteiger partial charge in [-0.25, -0.2) is 0 Å². The number of amides is 1. The topological polar surface area (TPSA) is 71.5 Å². The first kappa shape index (κ1) is 12.3. The van der Waals surface area contributed by atoms with E-state index >= 15 is 0 Å². The van der Waals surface area contributed by atoms with Crippen LogP contribution in [0.1, 0.15) is 0 Å². The number of nitrogens with zero attached hydrogens (tertiary/aromatic N) is 1. The monoisotopic (exact) mass is 246 g/mol. The normalized spacial score (nSPS) is 10.3. The first-order valence-corrected chi connectivity index (χ1v) is 5.65. The number of aliphatic hydroxyl groups excluding tert-OH is 1. The van der Waals surface area contributed by atoms with Gasteiger partial charge in [-0.1, -0.05) is 6.07 Å². The van der Waals surface area contributed by atoms with E-state index < -0.39 is 0 Å². The third-order valence-electron chi connectivity index (χ3n) is 2.40. The molecule has 0 atom stereocenters. The van der Waals surface area contributed by atoms with Gasteiger partial charge in [0.05, 0.1) is 12.1 Å². The number of ether oxygens (including phenoxy) is 1. The first-order valence-electron chi connectivity index (χ1n) is 5.65. The van der Waals surface area contributed by atoms with Crippen molar-refractivity contribution in [2.45, 2.75) is 0 Å². The summed E-state index contributed by atoms with van der Waals surface area (Å²) in [5, 5.41) is 12.0. The fourth-order valence-corrected chi connectivity index (χ4v) is 1.59. The molecule has 0 aliphatic rings. The third kappa shape index (κ3) is 2.95. The Bertz CT molecular complexity index is 537. The first-order chi connectivity index (χ1) is 8.81. The van der Waals surface area contributed by atoms with Crippen LogP contribution in [-0.4, -0.2) is 35.8 Å². The smallest absolute Gasteiger partial charge is 0.258 e. The van der Waals surface area contributed by atoms with Crippen molar-refractivity contribution in [1.82, 2.24) is 10.3 Å². The lowest BCUT2D eigenvalue weighted by molar-refractivity contribution is -0.123. The molecule has 18 heavy (non-hydrogen) atoms. The SMILES string of the molecule is O=C(COc1cccc2ncccc12)NCCO. The van der Waals surface area contributed by atoms with Gasteiger partial charge in [-0.05, 0) is 24.3 Å². The number of aliphatic hydroxyl groups is 1. The Labute approximate surface area is 104 Å². The highest BCUT2D eigenvalue weighted by Crippen LogP contribution is 2.23. The molecule has 2 aromatic rings. The molecule has 1 amide bonds. The van der Waals surface area contributed by atoms with Crippen molar-refractivity contribution in [2.75, 3.05) is 19.8 Å². The molecule has 0 aliphatic heterocycles. The van der Waals surface area contributed by atoms with Gasteiger partial charge in [0.2, 0.25) is 0 Å². The van der Waals surface area contributed by atoms with Crippen LogP contribution in [-0.2, 0) is 4.79 Å². The van der Waals surface area contributed by atoms with Gasteiger partial charge in [-0.3, -0.25) is 9.78 Å². The summed E-state index contributed by atoms with van der Waals surface area (Å²) in [6, 6.07) is 9.22. The molecule has 1 heterocycles. The fourth-order valence-electron chi connectivity index (χ4n) is 1.59. The van der Waals surface area contributed by atoms with Crippen molar-refractivity contribution in [2.24, 2.45) is 0 Å². The molecule has 0 saturated carbocycles. The number of benzene rings is 1. The number of rotatable bonds is 5. The minimum Gasteiger partial charge on any atom is -0.483 e. The van der Waals surface area contributed by atoms with E-state index in [-0.39, 0.29) is 25.7 Å². The Kier molecular flexibility index (Phi) is 4.09. The summed E-state index contributed by atoms with van der Waals surface area (Å²) in [4.78, 5) is 15.6. The Hall–Kier alpha value is -2.14. The minimum atomic E-state index is -0.259. The Morgan fingerprint density at radius 2 is 2.22 bits per heavy atom. The maximum absolute atomic E-state index is 11.3. The van der Waals surface area contributed by atoms with Crippen LogP contribution in [0.5, 0.6) is 5.75 Å². The zero-order valence-electron chi connectivity index (χ0n) is 9.80. The molecule has 1 aromatic carbocycles. The van der Waals surface area contributed by atoms with Crippen LogP contribution >= 0.6 is 0 Å². The molecule has 0 saturated heterocycles. The molecule has 94 valence electrons. The van der Waals surface area contributed by atoms with Gasteiger partial charge in [0.1, 0.15) is 5.75 Å². The van der Waals surface area contributed by atoms with Gasteiger partial charge < -0.3 is 15.2 Å². The Balaban J connectivity index is 2.05. The molecule has 0 fully saturated rings. The number of fused-ring (bicyclic) bond motifs is 1. The maximum atomic E-state index is 11.3. The van der Waals surface area contributed by atoms with Crippen molar-refractivity contribution >= 4 is 16.8 Å². The number of nitrogens with one attached hydrogen (secondary N) is 1. The molecule has 1 aromatic heterocycles. The lowest BCUT2D eigenvalue weighted by Crippen LogP contribution is -2.31. The van der Waals surface area contributed by atoms with E-state index in [4.69, 9.17) is 9.84 Å². The summed E-state index contributed by atoms with van der Waals surface area (Å²) in [7, 11) is 0. The molecule has 0 unspecified atom stereocenters. The fraction of sp³-hybridized carbons (Fsp3) is 0.231. The standard InChI is InChI=1S/C13H14N2O3/c16-8-7-15-13(17)9-18-12-5-1-4-11-10(12)3-2-6-14-11/h1-6,16H,7-9H2,(H,15,17). The molecular weight excluding hydrogens is 232 g/mol. The predicted octanol–water partition coefficient (Wildman–Crippen LogP) is 0.722. The second-order valence-corrected chi connectivity index (χ2v) is 3.69. The van der Waals surface area contributed by atoms with Crippen LogP contribution < -0.4 is 10.1 Å². The van der Waals surface area contributed by atoms with E-state index in [1.54, 1.807) is 12.3 Å². The molecule has 0 bridgehead atoms. The molecule has 0 spiro atoms. The molecule has 0 radical (unpaired) electrons. The van der Waals surface area contributed by atoms with Crippen LogP contribution in [0, 0.1) is 0 Å². The second-order valence-electron chi connectivity index (χ2n) is 3.69. The zero-order chi connectivity index (χ0) is 12.8. The van der Waals surface area contributed by atoms with Gasteiger partial charge in [-0.15, -0.1) is 0 Å². The Morgan fingerprint density at radius 1 is 1.33 bits per heavy atom. The van der Waals surface area contributed by atoms with E-state index in [1.165, 1.54) is 0 Å². The maximum Gasteiger partial charge on any atom is 0.258 e. The highest BCUT2D eigenvalue weighted by atomic mass is 16.5. The minimum absolute atomic E-state index is 0.0754. The van der Waals surface area contributed by atoms with Crippen LogP contribution in [0.4, 0.5) is 0 Å². The molecule has 5 nitrogen and oxygen atoms in total. The lowest BCUT2D eigenvalue weighted by Gasteiger charge is -2.08. The highest BCUT2D eigenvalue weighted by Gasteiger charge is 2.05. The van der Waals surface area contributed by atoms with Crippen molar-refractivity contribution in [1.29, 1.82) is 0 Å². The van der Waals surface area contributed by atoms with Gasteiger partial charge in [0, 0.05) is 18.1 Å². The number of hydrogen-bond acceptors (Lipinski definition) is 4. The predicted molar refractivity (Wildman–Crippen MR) is 67.3 cm³/mol. The highest BCUT2D eigenvalue weighted by molar-refractivity contribution is 5.85. The van der Waals surface area contributed by atoms with Gasteiger partial charge in [0.25, 0.3) is 5.91 Å². The molecule has 2 rings (SSSR count). The van der Waals surface area contributed by atoms with Crippen molar-refractivity contribution in [3.8, 4) is 5.75 Å². The number of carbonyl (C=O) groups is 1. The zero-order valence-corrected chi connectivity index (χ0v) is 9.80. The molecule has 0 aliphatic carbocycles. The van der Waals surface area contributed by atoms with Crippen LogP contribution in [0.15, 0.2) is 36.5 Å². The van der Waals surface area contributed by atoms with E-state index in [1.807, 2.05) is 24.3 Å². The third-order valence-corrected chi connectivity index (χ3v) is 2.40. The average molecular weight is 246 g/mol. The number of aromatic nitrogens is 1. The van der Waals surface area contributed by atoms with Crippen LogP contribution in [0.3, 0.4) is 0 Å². The summed E-state index contributed by atoms with van der Waals surface area (Å²) >= 11 is 0. The van der Waals surface area contributed by atoms with Gasteiger partial charge in [0.15, 0.2) is 6.61 Å². The number of carbonyl (C=O) groups excluding carboxylic acids is 1. The van der Waals surface area contributed by atoms with Gasteiger partial charge >= 0.3 is 0 Å². The van der Waals surface area contributed by atoms with E-state index in [0.29, 0.717) is 5.75 Å². The van der Waals surface area contributed by atoms with Crippen LogP contribution in [0.2, 0.25) is 0 Å². The quantitative estimate of drug-likeness (QED) is 0.815. The molecule has 2 N–H and O–H groups in total. The van der Waals surface area contributed by atoms with E-state index in [0.717, 1.165) is 10.9 Å².